The van der Waals surface area contributed by atoms with E-state index < -0.39 is 0 Å². The summed E-state index contributed by atoms with van der Waals surface area (Å²) < 4.78 is 0. The molecule has 2 atom stereocenters. The van der Waals surface area contributed by atoms with Crippen molar-refractivity contribution in [2.75, 3.05) is 0 Å². The Morgan fingerprint density at radius 2 is 2.06 bits per heavy atom. The van der Waals surface area contributed by atoms with E-state index in [2.05, 4.69) is 30.3 Å². The number of hydrogen-bond donors (Lipinski definition) is 0. The highest BCUT2D eigenvalue weighted by molar-refractivity contribution is 5.82. The Balaban J connectivity index is 1.85. The summed E-state index contributed by atoms with van der Waals surface area (Å²) in [6, 6.07) is 10.7. The van der Waals surface area contributed by atoms with Crippen molar-refractivity contribution in [3.8, 4) is 0 Å². The molecular formula is C15H18O. The number of hydrogen-bond acceptors (Lipinski definition) is 1. The van der Waals surface area contributed by atoms with E-state index in [1.807, 2.05) is 0 Å². The van der Waals surface area contributed by atoms with Gasteiger partial charge in [-0.1, -0.05) is 36.8 Å². The molecule has 0 N–H and O–H groups in total. The molecule has 0 bridgehead atoms. The summed E-state index contributed by atoms with van der Waals surface area (Å²) >= 11 is 0. The zero-order valence-corrected chi connectivity index (χ0v) is 9.61. The van der Waals surface area contributed by atoms with Crippen LogP contribution in [-0.2, 0) is 11.2 Å². The Bertz CT molecular complexity index is 395. The molecule has 1 aromatic rings. The van der Waals surface area contributed by atoms with Crippen LogP contribution in [0.15, 0.2) is 30.3 Å². The molecule has 1 aromatic carbocycles. The van der Waals surface area contributed by atoms with E-state index >= 15 is 0 Å². The predicted molar refractivity (Wildman–Crippen MR) is 64.2 cm³/mol. The summed E-state index contributed by atoms with van der Waals surface area (Å²) in [6.07, 6.45) is 6.67. The molecule has 0 unspecified atom stereocenters. The molecule has 2 saturated carbocycles. The van der Waals surface area contributed by atoms with Gasteiger partial charge in [0.15, 0.2) is 0 Å². The van der Waals surface area contributed by atoms with Gasteiger partial charge in [0.2, 0.25) is 0 Å². The van der Waals surface area contributed by atoms with Gasteiger partial charge in [0.1, 0.15) is 5.78 Å². The molecule has 0 heterocycles. The second-order valence-electron chi connectivity index (χ2n) is 5.53. The van der Waals surface area contributed by atoms with Crippen molar-refractivity contribution in [2.24, 2.45) is 11.3 Å². The van der Waals surface area contributed by atoms with E-state index in [0.29, 0.717) is 17.1 Å². The molecule has 0 amide bonds. The first-order valence-electron chi connectivity index (χ1n) is 6.34. The van der Waals surface area contributed by atoms with Crippen molar-refractivity contribution >= 4 is 5.78 Å². The lowest BCUT2D eigenvalue weighted by molar-refractivity contribution is -0.118. The normalized spacial score (nSPS) is 33.0. The predicted octanol–water partition coefficient (Wildman–Crippen LogP) is 3.38. The maximum atomic E-state index is 11.7. The van der Waals surface area contributed by atoms with Gasteiger partial charge >= 0.3 is 0 Å². The number of carbonyl (C=O) groups is 1. The van der Waals surface area contributed by atoms with Crippen LogP contribution < -0.4 is 0 Å². The standard InChI is InChI=1S/C15H18O/c16-14-9-13-7-4-8-15(13,11-14)10-12-5-2-1-3-6-12/h1-3,5-6,13H,4,7-11H2/t13-,15-/m1/s1. The molecule has 3 rings (SSSR count). The van der Waals surface area contributed by atoms with Gasteiger partial charge < -0.3 is 0 Å². The summed E-state index contributed by atoms with van der Waals surface area (Å²) in [5.74, 6) is 1.18. The molecule has 1 nitrogen and oxygen atoms in total. The molecule has 1 heteroatoms. The van der Waals surface area contributed by atoms with Gasteiger partial charge in [-0.05, 0) is 36.2 Å². The van der Waals surface area contributed by atoms with Crippen LogP contribution in [0.25, 0.3) is 0 Å². The minimum Gasteiger partial charge on any atom is -0.300 e. The summed E-state index contributed by atoms with van der Waals surface area (Å²) in [6.45, 7) is 0. The largest absolute Gasteiger partial charge is 0.300 e. The van der Waals surface area contributed by atoms with Crippen LogP contribution in [-0.4, -0.2) is 5.78 Å². The minimum absolute atomic E-state index is 0.332. The Morgan fingerprint density at radius 1 is 1.25 bits per heavy atom. The highest BCUT2D eigenvalue weighted by Crippen LogP contribution is 2.54. The maximum Gasteiger partial charge on any atom is 0.133 e. The van der Waals surface area contributed by atoms with E-state index in [1.165, 1.54) is 24.8 Å². The first-order valence-corrected chi connectivity index (χ1v) is 6.34. The molecule has 0 spiro atoms. The van der Waals surface area contributed by atoms with Crippen LogP contribution in [0.3, 0.4) is 0 Å². The number of ketones is 1. The molecule has 2 aliphatic carbocycles. The van der Waals surface area contributed by atoms with E-state index in [0.717, 1.165) is 19.3 Å². The number of benzene rings is 1. The van der Waals surface area contributed by atoms with Crippen molar-refractivity contribution < 1.29 is 4.79 Å². The summed E-state index contributed by atoms with van der Waals surface area (Å²) in [7, 11) is 0. The summed E-state index contributed by atoms with van der Waals surface area (Å²) in [5, 5.41) is 0. The molecule has 0 saturated heterocycles. The van der Waals surface area contributed by atoms with Crippen LogP contribution in [0.4, 0.5) is 0 Å². The van der Waals surface area contributed by atoms with Gasteiger partial charge in [-0.2, -0.15) is 0 Å². The lowest BCUT2D eigenvalue weighted by Gasteiger charge is -2.28. The zero-order chi connectivity index (χ0) is 11.0. The SMILES string of the molecule is O=C1C[C@H]2CCC[C@@]2(Cc2ccccc2)C1. The molecule has 0 aromatic heterocycles. The molecule has 16 heavy (non-hydrogen) atoms. The minimum atomic E-state index is 0.332. The molecular weight excluding hydrogens is 196 g/mol. The summed E-state index contributed by atoms with van der Waals surface area (Å²) in [4.78, 5) is 11.7. The molecule has 0 aliphatic heterocycles. The van der Waals surface area contributed by atoms with Crippen LogP contribution in [0, 0.1) is 11.3 Å². The highest BCUT2D eigenvalue weighted by Gasteiger charge is 2.49. The monoisotopic (exact) mass is 214 g/mol. The van der Waals surface area contributed by atoms with Crippen molar-refractivity contribution in [1.29, 1.82) is 0 Å². The fourth-order valence-corrected chi connectivity index (χ4v) is 3.80. The second kappa shape index (κ2) is 3.73. The first kappa shape index (κ1) is 10.1. The lowest BCUT2D eigenvalue weighted by Crippen LogP contribution is -2.23. The van der Waals surface area contributed by atoms with Crippen molar-refractivity contribution in [1.82, 2.24) is 0 Å². The van der Waals surface area contributed by atoms with Gasteiger partial charge in [0, 0.05) is 12.8 Å². The van der Waals surface area contributed by atoms with Gasteiger partial charge in [-0.25, -0.2) is 0 Å². The molecule has 0 radical (unpaired) electrons. The third-order valence-corrected chi connectivity index (χ3v) is 4.52. The first-order chi connectivity index (χ1) is 7.78. The van der Waals surface area contributed by atoms with E-state index in [9.17, 15) is 4.79 Å². The third kappa shape index (κ3) is 1.59. The fraction of sp³-hybridized carbons (Fsp3) is 0.533. The Hall–Kier alpha value is -1.11. The smallest absolute Gasteiger partial charge is 0.133 e. The lowest BCUT2D eigenvalue weighted by atomic mass is 9.75. The Morgan fingerprint density at radius 3 is 2.88 bits per heavy atom. The summed E-state index contributed by atoms with van der Waals surface area (Å²) in [5.41, 5.74) is 1.74. The van der Waals surface area contributed by atoms with Crippen LogP contribution >= 0.6 is 0 Å². The van der Waals surface area contributed by atoms with Crippen LogP contribution in [0.2, 0.25) is 0 Å². The van der Waals surface area contributed by atoms with Gasteiger partial charge in [-0.15, -0.1) is 0 Å². The number of carbonyl (C=O) groups excluding carboxylic acids is 1. The zero-order valence-electron chi connectivity index (χ0n) is 9.61. The molecule has 2 aliphatic rings. The van der Waals surface area contributed by atoms with Gasteiger partial charge in [-0.3, -0.25) is 4.79 Å². The van der Waals surface area contributed by atoms with Gasteiger partial charge in [0.25, 0.3) is 0 Å². The third-order valence-electron chi connectivity index (χ3n) is 4.52. The van der Waals surface area contributed by atoms with E-state index in [-0.39, 0.29) is 0 Å². The second-order valence-corrected chi connectivity index (χ2v) is 5.53. The van der Waals surface area contributed by atoms with E-state index in [4.69, 9.17) is 0 Å². The number of fused-ring (bicyclic) bond motifs is 1. The van der Waals surface area contributed by atoms with E-state index in [1.54, 1.807) is 0 Å². The number of Topliss-reactive ketones (excluding diaryl/α,β-unsaturated/α-hetero) is 1. The van der Waals surface area contributed by atoms with Crippen LogP contribution in [0.1, 0.15) is 37.7 Å². The van der Waals surface area contributed by atoms with Crippen molar-refractivity contribution in [3.05, 3.63) is 35.9 Å². The average molecular weight is 214 g/mol. The fourth-order valence-electron chi connectivity index (χ4n) is 3.80. The quantitative estimate of drug-likeness (QED) is 0.737. The van der Waals surface area contributed by atoms with Gasteiger partial charge in [0.05, 0.1) is 0 Å². The average Bonchev–Trinajstić information content (AvgIpc) is 2.74. The van der Waals surface area contributed by atoms with Crippen molar-refractivity contribution in [2.45, 2.75) is 38.5 Å². The van der Waals surface area contributed by atoms with Crippen LogP contribution in [0.5, 0.6) is 0 Å². The molecule has 84 valence electrons. The Labute approximate surface area is 96.9 Å². The number of rotatable bonds is 2. The topological polar surface area (TPSA) is 17.1 Å². The highest BCUT2D eigenvalue weighted by atomic mass is 16.1. The maximum absolute atomic E-state index is 11.7. The van der Waals surface area contributed by atoms with Crippen molar-refractivity contribution in [3.63, 3.8) is 0 Å². The Kier molecular flexibility index (Phi) is 2.34. The molecule has 2 fully saturated rings.